The van der Waals surface area contributed by atoms with E-state index >= 15 is 0 Å². The van der Waals surface area contributed by atoms with Gasteiger partial charge < -0.3 is 10.1 Å². The highest BCUT2D eigenvalue weighted by Crippen LogP contribution is 2.30. The Morgan fingerprint density at radius 3 is 2.81 bits per heavy atom. The van der Waals surface area contributed by atoms with Crippen molar-refractivity contribution in [3.63, 3.8) is 0 Å². The lowest BCUT2D eigenvalue weighted by atomic mass is 9.94. The van der Waals surface area contributed by atoms with Crippen molar-refractivity contribution in [2.45, 2.75) is 45.4 Å². The summed E-state index contributed by atoms with van der Waals surface area (Å²) in [5.74, 6) is 0. The van der Waals surface area contributed by atoms with E-state index in [0.717, 1.165) is 17.4 Å². The minimum absolute atomic E-state index is 0.107. The minimum Gasteiger partial charge on any atom is -0.444 e. The van der Waals surface area contributed by atoms with Gasteiger partial charge in [0.05, 0.1) is 6.04 Å². The maximum Gasteiger partial charge on any atom is 0.410 e. The number of nitrogens with one attached hydrogen (secondary N) is 1. The lowest BCUT2D eigenvalue weighted by Crippen LogP contribution is -2.50. The molecule has 1 aliphatic heterocycles. The molecule has 4 nitrogen and oxygen atoms in total. The summed E-state index contributed by atoms with van der Waals surface area (Å²) >= 11 is 3.61. The SMILES string of the molecule is CNCC1Cc2c(Br)cccc2CN1C(=O)OC(C)(C)C. The second kappa shape index (κ2) is 6.36. The zero-order valence-corrected chi connectivity index (χ0v) is 14.7. The van der Waals surface area contributed by atoms with E-state index in [2.05, 4.69) is 33.4 Å². The molecular weight excluding hydrogens is 332 g/mol. The van der Waals surface area contributed by atoms with Crippen LogP contribution in [0, 0.1) is 0 Å². The van der Waals surface area contributed by atoms with Crippen molar-refractivity contribution < 1.29 is 9.53 Å². The fraction of sp³-hybridized carbons (Fsp3) is 0.562. The van der Waals surface area contributed by atoms with Gasteiger partial charge >= 0.3 is 6.09 Å². The number of ether oxygens (including phenoxy) is 1. The van der Waals surface area contributed by atoms with Crippen molar-refractivity contribution in [1.82, 2.24) is 10.2 Å². The average molecular weight is 355 g/mol. The van der Waals surface area contributed by atoms with Gasteiger partial charge in [-0.15, -0.1) is 0 Å². The third-order valence-electron chi connectivity index (χ3n) is 3.50. The smallest absolute Gasteiger partial charge is 0.410 e. The molecule has 1 atom stereocenters. The molecule has 1 amide bonds. The van der Waals surface area contributed by atoms with E-state index in [4.69, 9.17) is 4.74 Å². The number of carbonyl (C=O) groups is 1. The van der Waals surface area contributed by atoms with Crippen molar-refractivity contribution in [3.05, 3.63) is 33.8 Å². The van der Waals surface area contributed by atoms with Gasteiger partial charge in [-0.3, -0.25) is 4.90 Å². The van der Waals surface area contributed by atoms with E-state index in [1.807, 2.05) is 38.8 Å². The molecule has 1 unspecified atom stereocenters. The highest BCUT2D eigenvalue weighted by molar-refractivity contribution is 9.10. The van der Waals surface area contributed by atoms with Gasteiger partial charge in [0, 0.05) is 17.6 Å². The summed E-state index contributed by atoms with van der Waals surface area (Å²) in [5, 5.41) is 3.17. The van der Waals surface area contributed by atoms with Gasteiger partial charge in [0.2, 0.25) is 0 Å². The minimum atomic E-state index is -0.473. The summed E-state index contributed by atoms with van der Waals surface area (Å²) in [6.07, 6.45) is 0.588. The molecule has 0 spiro atoms. The van der Waals surface area contributed by atoms with Crippen molar-refractivity contribution >= 4 is 22.0 Å². The fourth-order valence-electron chi connectivity index (χ4n) is 2.59. The number of benzene rings is 1. The molecule has 2 rings (SSSR count). The normalized spacial score (nSPS) is 18.3. The number of hydrogen-bond acceptors (Lipinski definition) is 3. The molecule has 0 saturated heterocycles. The number of carbonyl (C=O) groups excluding carboxylic acids is 1. The predicted molar refractivity (Wildman–Crippen MR) is 87.3 cm³/mol. The van der Waals surface area contributed by atoms with Crippen LogP contribution in [0.3, 0.4) is 0 Å². The molecule has 0 saturated carbocycles. The van der Waals surface area contributed by atoms with E-state index in [9.17, 15) is 4.79 Å². The Hall–Kier alpha value is -1.07. The Kier molecular flexibility index (Phi) is 4.94. The highest BCUT2D eigenvalue weighted by atomic mass is 79.9. The molecule has 5 heteroatoms. The molecule has 0 aliphatic carbocycles. The zero-order valence-electron chi connectivity index (χ0n) is 13.1. The van der Waals surface area contributed by atoms with E-state index in [1.165, 1.54) is 11.1 Å². The van der Waals surface area contributed by atoms with Gasteiger partial charge in [0.25, 0.3) is 0 Å². The first kappa shape index (κ1) is 16.3. The van der Waals surface area contributed by atoms with Gasteiger partial charge in [0.1, 0.15) is 5.60 Å². The largest absolute Gasteiger partial charge is 0.444 e. The second-order valence-corrected chi connectivity index (χ2v) is 7.26. The third kappa shape index (κ3) is 3.98. The van der Waals surface area contributed by atoms with Crippen LogP contribution >= 0.6 is 15.9 Å². The van der Waals surface area contributed by atoms with Gasteiger partial charge in [-0.1, -0.05) is 28.1 Å². The van der Waals surface area contributed by atoms with Crippen LogP contribution in [0.5, 0.6) is 0 Å². The molecule has 1 aromatic rings. The molecule has 1 aliphatic rings. The lowest BCUT2D eigenvalue weighted by molar-refractivity contribution is 0.0121. The highest BCUT2D eigenvalue weighted by Gasteiger charge is 2.33. The predicted octanol–water partition coefficient (Wildman–Crippen LogP) is 3.33. The number of amides is 1. The van der Waals surface area contributed by atoms with Crippen LogP contribution in [0.15, 0.2) is 22.7 Å². The van der Waals surface area contributed by atoms with Crippen LogP contribution in [-0.2, 0) is 17.7 Å². The Bertz CT molecular complexity index is 525. The van der Waals surface area contributed by atoms with Gasteiger partial charge in [-0.2, -0.15) is 0 Å². The van der Waals surface area contributed by atoms with Crippen LogP contribution in [-0.4, -0.2) is 36.2 Å². The van der Waals surface area contributed by atoms with Gasteiger partial charge in [-0.05, 0) is 51.4 Å². The zero-order chi connectivity index (χ0) is 15.6. The summed E-state index contributed by atoms with van der Waals surface area (Å²) in [6, 6.07) is 6.25. The number of fused-ring (bicyclic) bond motifs is 1. The Labute approximate surface area is 135 Å². The number of nitrogens with zero attached hydrogens (tertiary/aromatic N) is 1. The van der Waals surface area contributed by atoms with Crippen molar-refractivity contribution in [2.24, 2.45) is 0 Å². The second-order valence-electron chi connectivity index (χ2n) is 6.40. The van der Waals surface area contributed by atoms with E-state index in [1.54, 1.807) is 0 Å². The Balaban J connectivity index is 2.25. The number of hydrogen-bond donors (Lipinski definition) is 1. The van der Waals surface area contributed by atoms with E-state index < -0.39 is 5.60 Å². The average Bonchev–Trinajstić information content (AvgIpc) is 2.37. The summed E-state index contributed by atoms with van der Waals surface area (Å²) in [7, 11) is 1.91. The topological polar surface area (TPSA) is 41.6 Å². The molecule has 21 heavy (non-hydrogen) atoms. The summed E-state index contributed by atoms with van der Waals surface area (Å²) in [4.78, 5) is 14.3. The molecule has 0 fully saturated rings. The maximum absolute atomic E-state index is 12.5. The standard InChI is InChI=1S/C16H23BrN2O2/c1-16(2,3)21-15(20)19-10-11-6-5-7-14(17)13(11)8-12(19)9-18-4/h5-7,12,18H,8-10H2,1-4H3. The fourth-order valence-corrected chi connectivity index (χ4v) is 3.16. The number of rotatable bonds is 2. The summed E-state index contributed by atoms with van der Waals surface area (Å²) in [6.45, 7) is 7.03. The van der Waals surface area contributed by atoms with Gasteiger partial charge in [0.15, 0.2) is 0 Å². The van der Waals surface area contributed by atoms with Crippen molar-refractivity contribution in [3.8, 4) is 0 Å². The van der Waals surface area contributed by atoms with Crippen LogP contribution in [0.4, 0.5) is 4.79 Å². The third-order valence-corrected chi connectivity index (χ3v) is 4.25. The maximum atomic E-state index is 12.5. The Morgan fingerprint density at radius 1 is 1.48 bits per heavy atom. The van der Waals surface area contributed by atoms with Crippen molar-refractivity contribution in [1.29, 1.82) is 0 Å². The van der Waals surface area contributed by atoms with Crippen LogP contribution in [0.25, 0.3) is 0 Å². The first-order chi connectivity index (χ1) is 9.81. The molecule has 1 N–H and O–H groups in total. The summed E-state index contributed by atoms with van der Waals surface area (Å²) in [5.41, 5.74) is 2.00. The van der Waals surface area contributed by atoms with E-state index in [0.29, 0.717) is 6.54 Å². The van der Waals surface area contributed by atoms with Crippen LogP contribution in [0.1, 0.15) is 31.9 Å². The monoisotopic (exact) mass is 354 g/mol. The number of likely N-dealkylation sites (N-methyl/N-ethyl adjacent to an activating group) is 1. The first-order valence-corrected chi connectivity index (χ1v) is 8.01. The molecule has 1 aromatic carbocycles. The van der Waals surface area contributed by atoms with E-state index in [-0.39, 0.29) is 12.1 Å². The number of halogens is 1. The first-order valence-electron chi connectivity index (χ1n) is 7.22. The van der Waals surface area contributed by atoms with Crippen LogP contribution in [0.2, 0.25) is 0 Å². The Morgan fingerprint density at radius 2 is 2.19 bits per heavy atom. The lowest BCUT2D eigenvalue weighted by Gasteiger charge is -2.38. The van der Waals surface area contributed by atoms with Crippen molar-refractivity contribution in [2.75, 3.05) is 13.6 Å². The molecule has 116 valence electrons. The molecule has 0 bridgehead atoms. The molecular formula is C16H23BrN2O2. The van der Waals surface area contributed by atoms with Gasteiger partial charge in [-0.25, -0.2) is 4.79 Å². The molecule has 0 aromatic heterocycles. The molecule has 1 heterocycles. The summed E-state index contributed by atoms with van der Waals surface area (Å²) < 4.78 is 6.66. The van der Waals surface area contributed by atoms with Crippen LogP contribution < -0.4 is 5.32 Å². The quantitative estimate of drug-likeness (QED) is 0.885. The molecule has 0 radical (unpaired) electrons.